The maximum atomic E-state index is 12.8. The molecule has 0 aromatic heterocycles. The zero-order valence-electron chi connectivity index (χ0n) is 15.4. The minimum absolute atomic E-state index is 0.0353. The number of aliphatic hydroxyl groups is 1. The first-order chi connectivity index (χ1) is 13.5. The van der Waals surface area contributed by atoms with Gasteiger partial charge in [-0.05, 0) is 55.2 Å². The second-order valence-corrected chi connectivity index (χ2v) is 7.23. The third kappa shape index (κ3) is 6.92. The Kier molecular flexibility index (Phi) is 7.51. The number of nitrogens with two attached hydrogens (primary N) is 1. The van der Waals surface area contributed by atoms with E-state index < -0.39 is 29.9 Å². The fraction of sp³-hybridized carbons (Fsp3) is 0.350. The maximum absolute atomic E-state index is 12.8. The van der Waals surface area contributed by atoms with Crippen LogP contribution in [0.1, 0.15) is 30.4 Å². The average molecular weight is 432 g/mol. The number of aliphatic hydroxyl groups excluding tert-OH is 1. The molecule has 0 bridgehead atoms. The topological polar surface area (TPSA) is 92.8 Å². The molecule has 2 rings (SSSR count). The Balaban J connectivity index is 2.01. The second kappa shape index (κ2) is 9.47. The lowest BCUT2D eigenvalue weighted by Gasteiger charge is -2.25. The summed E-state index contributed by atoms with van der Waals surface area (Å²) in [5, 5.41) is 18.6. The molecule has 29 heavy (non-hydrogen) atoms. The summed E-state index contributed by atoms with van der Waals surface area (Å²) in [6, 6.07) is 9.29. The Morgan fingerprint density at radius 3 is 2.41 bits per heavy atom. The zero-order chi connectivity index (χ0) is 21.7. The van der Waals surface area contributed by atoms with Crippen molar-refractivity contribution in [1.29, 1.82) is 0 Å². The van der Waals surface area contributed by atoms with E-state index in [9.17, 15) is 23.1 Å². The van der Waals surface area contributed by atoms with Crippen LogP contribution < -0.4 is 10.5 Å². The average Bonchev–Trinajstić information content (AvgIpc) is 2.62. The van der Waals surface area contributed by atoms with Gasteiger partial charge in [-0.2, -0.15) is 13.2 Å². The number of alkyl halides is 3. The number of carboxylic acid groups (broad SMARTS) is 1. The number of hydrogen-bond acceptors (Lipinski definition) is 4. The predicted molar refractivity (Wildman–Crippen MR) is 102 cm³/mol. The maximum Gasteiger partial charge on any atom is 0.416 e. The van der Waals surface area contributed by atoms with Gasteiger partial charge in [0.1, 0.15) is 11.5 Å². The summed E-state index contributed by atoms with van der Waals surface area (Å²) in [7, 11) is 0. The van der Waals surface area contributed by atoms with Crippen molar-refractivity contribution in [2.24, 2.45) is 5.73 Å². The third-order valence-corrected chi connectivity index (χ3v) is 4.71. The van der Waals surface area contributed by atoms with E-state index in [0.29, 0.717) is 17.9 Å². The summed E-state index contributed by atoms with van der Waals surface area (Å²) in [4.78, 5) is 10.8. The van der Waals surface area contributed by atoms with Gasteiger partial charge in [0, 0.05) is 10.6 Å². The van der Waals surface area contributed by atoms with Crippen LogP contribution >= 0.6 is 11.6 Å². The van der Waals surface area contributed by atoms with Crippen molar-refractivity contribution in [2.75, 3.05) is 6.61 Å². The largest absolute Gasteiger partial charge is 0.481 e. The highest BCUT2D eigenvalue weighted by atomic mass is 35.5. The molecule has 0 aliphatic rings. The van der Waals surface area contributed by atoms with Crippen LogP contribution in [0, 0.1) is 0 Å². The van der Waals surface area contributed by atoms with Crippen LogP contribution in [-0.2, 0) is 17.4 Å². The van der Waals surface area contributed by atoms with Gasteiger partial charge in [-0.15, -0.1) is 0 Å². The summed E-state index contributed by atoms with van der Waals surface area (Å²) in [5.74, 6) is -0.767. The first-order valence-electron chi connectivity index (χ1n) is 8.77. The van der Waals surface area contributed by atoms with E-state index in [1.807, 2.05) is 0 Å². The molecular formula is C20H21ClF3NO4. The normalized spacial score (nSPS) is 13.7. The molecule has 0 heterocycles. The van der Waals surface area contributed by atoms with Gasteiger partial charge in [0.05, 0.1) is 18.6 Å². The molecule has 2 aromatic carbocycles. The van der Waals surface area contributed by atoms with E-state index >= 15 is 0 Å². The summed E-state index contributed by atoms with van der Waals surface area (Å²) in [6.45, 7) is -0.448. The van der Waals surface area contributed by atoms with Crippen LogP contribution in [-0.4, -0.2) is 28.3 Å². The minimum Gasteiger partial charge on any atom is -0.481 e. The lowest BCUT2D eigenvalue weighted by Crippen LogP contribution is -2.45. The quantitative estimate of drug-likeness (QED) is 0.538. The summed E-state index contributed by atoms with van der Waals surface area (Å²) in [5.41, 5.74) is 4.62. The number of ether oxygens (including phenoxy) is 1. The van der Waals surface area contributed by atoms with Crippen LogP contribution in [0.15, 0.2) is 42.5 Å². The lowest BCUT2D eigenvalue weighted by atomic mass is 9.90. The highest BCUT2D eigenvalue weighted by molar-refractivity contribution is 6.31. The minimum atomic E-state index is -4.46. The predicted octanol–water partition coefficient (Wildman–Crippen LogP) is 4.64. The molecule has 9 heteroatoms. The molecule has 4 N–H and O–H groups in total. The first-order valence-corrected chi connectivity index (χ1v) is 9.15. The summed E-state index contributed by atoms with van der Waals surface area (Å²) >= 11 is 6.23. The number of rotatable bonds is 9. The smallest absolute Gasteiger partial charge is 0.416 e. The fourth-order valence-electron chi connectivity index (χ4n) is 2.82. The Bertz CT molecular complexity index is 860. The third-order valence-electron chi connectivity index (χ3n) is 4.36. The number of halogens is 4. The molecule has 1 unspecified atom stereocenters. The molecule has 0 spiro atoms. The van der Waals surface area contributed by atoms with Crippen molar-refractivity contribution in [3.63, 3.8) is 0 Å². The van der Waals surface area contributed by atoms with Gasteiger partial charge in [-0.1, -0.05) is 23.7 Å². The van der Waals surface area contributed by atoms with Crippen LogP contribution in [0.3, 0.4) is 0 Å². The van der Waals surface area contributed by atoms with Gasteiger partial charge >= 0.3 is 12.1 Å². The Morgan fingerprint density at radius 2 is 1.83 bits per heavy atom. The SMILES string of the molecule is NC(CO)(CCCc1ccc(Oc2cccc(C(F)(F)F)c2)cc1Cl)CC(=O)O. The number of aryl methyl sites for hydroxylation is 1. The Morgan fingerprint density at radius 1 is 1.14 bits per heavy atom. The van der Waals surface area contributed by atoms with Crippen molar-refractivity contribution in [1.82, 2.24) is 0 Å². The van der Waals surface area contributed by atoms with Crippen molar-refractivity contribution < 1.29 is 32.9 Å². The Hall–Kier alpha value is -2.29. The first kappa shape index (κ1) is 23.0. The molecule has 0 saturated heterocycles. The van der Waals surface area contributed by atoms with Gasteiger partial charge in [-0.3, -0.25) is 4.79 Å². The van der Waals surface area contributed by atoms with E-state index in [1.54, 1.807) is 12.1 Å². The van der Waals surface area contributed by atoms with Crippen molar-refractivity contribution in [2.45, 2.75) is 37.4 Å². The van der Waals surface area contributed by atoms with Crippen molar-refractivity contribution in [3.8, 4) is 11.5 Å². The molecule has 0 fully saturated rings. The molecular weight excluding hydrogens is 411 g/mol. The van der Waals surface area contributed by atoms with Gasteiger partial charge in [-0.25, -0.2) is 0 Å². The molecule has 0 aliphatic carbocycles. The van der Waals surface area contributed by atoms with E-state index in [4.69, 9.17) is 27.2 Å². The molecule has 1 atom stereocenters. The highest BCUT2D eigenvalue weighted by Gasteiger charge is 2.30. The molecule has 0 aliphatic heterocycles. The van der Waals surface area contributed by atoms with Crippen molar-refractivity contribution >= 4 is 17.6 Å². The van der Waals surface area contributed by atoms with Gasteiger partial charge in [0.25, 0.3) is 0 Å². The van der Waals surface area contributed by atoms with Gasteiger partial charge in [0.2, 0.25) is 0 Å². The summed E-state index contributed by atoms with van der Waals surface area (Å²) in [6.07, 6.45) is -3.54. The van der Waals surface area contributed by atoms with Gasteiger partial charge < -0.3 is 20.7 Å². The number of carbonyl (C=O) groups is 1. The highest BCUT2D eigenvalue weighted by Crippen LogP contribution is 2.33. The van der Waals surface area contributed by atoms with Crippen LogP contribution in [0.25, 0.3) is 0 Å². The molecule has 0 radical (unpaired) electrons. The summed E-state index contributed by atoms with van der Waals surface area (Å²) < 4.78 is 43.8. The van der Waals surface area contributed by atoms with Crippen LogP contribution in [0.2, 0.25) is 5.02 Å². The van der Waals surface area contributed by atoms with E-state index in [2.05, 4.69) is 0 Å². The molecule has 2 aromatic rings. The number of carboxylic acids is 1. The zero-order valence-corrected chi connectivity index (χ0v) is 16.1. The molecule has 0 amide bonds. The number of aliphatic carboxylic acids is 1. The molecule has 0 saturated carbocycles. The standard InChI is InChI=1S/C20H21ClF3NO4/c21-17-10-16(29-15-5-1-4-14(9-15)20(22,23)24)7-6-13(17)3-2-8-19(25,12-26)11-18(27)28/h1,4-7,9-10,26H,2-3,8,11-12,25H2,(H,27,28). The second-order valence-electron chi connectivity index (χ2n) is 6.83. The Labute approximate surface area is 170 Å². The van der Waals surface area contributed by atoms with Crippen molar-refractivity contribution in [3.05, 3.63) is 58.6 Å². The number of hydrogen-bond donors (Lipinski definition) is 3. The van der Waals surface area contributed by atoms with Crippen LogP contribution in [0.4, 0.5) is 13.2 Å². The lowest BCUT2D eigenvalue weighted by molar-refractivity contribution is -0.139. The monoisotopic (exact) mass is 431 g/mol. The van der Waals surface area contributed by atoms with Crippen LogP contribution in [0.5, 0.6) is 11.5 Å². The van der Waals surface area contributed by atoms with E-state index in [-0.39, 0.29) is 24.3 Å². The fourth-order valence-corrected chi connectivity index (χ4v) is 3.09. The molecule has 5 nitrogen and oxygen atoms in total. The molecule has 158 valence electrons. The van der Waals surface area contributed by atoms with Gasteiger partial charge in [0.15, 0.2) is 0 Å². The van der Waals surface area contributed by atoms with E-state index in [1.165, 1.54) is 18.2 Å². The van der Waals surface area contributed by atoms with E-state index in [0.717, 1.165) is 17.7 Å². The number of benzene rings is 2.